The van der Waals surface area contributed by atoms with E-state index in [4.69, 9.17) is 0 Å². The molecule has 0 aromatic heterocycles. The van der Waals surface area contributed by atoms with E-state index in [1.54, 1.807) is 11.0 Å². The molecular formula is C22H24N4O3. The molecule has 0 aliphatic carbocycles. The highest BCUT2D eigenvalue weighted by Crippen LogP contribution is 2.30. The number of nitrogens with one attached hydrogen (secondary N) is 3. The van der Waals surface area contributed by atoms with Gasteiger partial charge < -0.3 is 15.5 Å². The number of hydrogen-bond acceptors (Lipinski definition) is 5. The van der Waals surface area contributed by atoms with E-state index in [9.17, 15) is 14.4 Å². The lowest BCUT2D eigenvalue weighted by Gasteiger charge is -2.29. The van der Waals surface area contributed by atoms with Crippen molar-refractivity contribution < 1.29 is 14.4 Å². The summed E-state index contributed by atoms with van der Waals surface area (Å²) in [6, 6.07) is 13.3. The Morgan fingerprint density at radius 1 is 1.10 bits per heavy atom. The molecule has 0 saturated carbocycles. The molecule has 0 radical (unpaired) electrons. The SMILES string of the molecule is CNCc1cccc(NCc2cccc3c2CN(C2CCC(=O)NC2=O)C3=O)c1. The molecule has 2 aliphatic rings. The summed E-state index contributed by atoms with van der Waals surface area (Å²) >= 11 is 0. The quantitative estimate of drug-likeness (QED) is 0.652. The number of carbonyl (C=O) groups is 3. The van der Waals surface area contributed by atoms with Gasteiger partial charge in [0.05, 0.1) is 0 Å². The van der Waals surface area contributed by atoms with Crippen molar-refractivity contribution in [2.45, 2.75) is 38.5 Å². The molecule has 7 heteroatoms. The lowest BCUT2D eigenvalue weighted by atomic mass is 10.0. The third-order valence-electron chi connectivity index (χ3n) is 5.47. The maximum Gasteiger partial charge on any atom is 0.255 e. The van der Waals surface area contributed by atoms with Crippen LogP contribution in [0.1, 0.15) is 39.9 Å². The number of benzene rings is 2. The Bertz CT molecular complexity index is 972. The van der Waals surface area contributed by atoms with Crippen LogP contribution in [0.5, 0.6) is 0 Å². The van der Waals surface area contributed by atoms with Crippen LogP contribution in [0.4, 0.5) is 5.69 Å². The summed E-state index contributed by atoms with van der Waals surface area (Å²) in [4.78, 5) is 38.1. The van der Waals surface area contributed by atoms with Crippen LogP contribution in [0.25, 0.3) is 0 Å². The third-order valence-corrected chi connectivity index (χ3v) is 5.47. The fraction of sp³-hybridized carbons (Fsp3) is 0.318. The van der Waals surface area contributed by atoms with Crippen LogP contribution in [0.3, 0.4) is 0 Å². The molecule has 3 N–H and O–H groups in total. The van der Waals surface area contributed by atoms with E-state index in [1.165, 1.54) is 5.56 Å². The summed E-state index contributed by atoms with van der Waals surface area (Å²) in [6.07, 6.45) is 0.629. The van der Waals surface area contributed by atoms with Crippen LogP contribution in [0, 0.1) is 0 Å². The highest BCUT2D eigenvalue weighted by atomic mass is 16.2. The van der Waals surface area contributed by atoms with E-state index in [0.29, 0.717) is 25.1 Å². The van der Waals surface area contributed by atoms with Crippen LogP contribution >= 0.6 is 0 Å². The van der Waals surface area contributed by atoms with Gasteiger partial charge in [0.2, 0.25) is 11.8 Å². The third kappa shape index (κ3) is 3.86. The molecule has 7 nitrogen and oxygen atoms in total. The first-order valence-corrected chi connectivity index (χ1v) is 9.79. The van der Waals surface area contributed by atoms with Gasteiger partial charge in [-0.2, -0.15) is 0 Å². The van der Waals surface area contributed by atoms with Crippen LogP contribution in [-0.2, 0) is 29.2 Å². The van der Waals surface area contributed by atoms with E-state index >= 15 is 0 Å². The predicted octanol–water partition coefficient (Wildman–Crippen LogP) is 1.78. The molecule has 1 atom stereocenters. The molecule has 150 valence electrons. The Kier molecular flexibility index (Phi) is 5.31. The van der Waals surface area contributed by atoms with E-state index in [2.05, 4.69) is 28.1 Å². The topological polar surface area (TPSA) is 90.5 Å². The number of carbonyl (C=O) groups excluding carboxylic acids is 3. The van der Waals surface area contributed by atoms with Crippen molar-refractivity contribution in [1.29, 1.82) is 0 Å². The van der Waals surface area contributed by atoms with Crippen molar-refractivity contribution in [3.8, 4) is 0 Å². The molecule has 0 spiro atoms. The first-order valence-electron chi connectivity index (χ1n) is 9.79. The van der Waals surface area contributed by atoms with Gasteiger partial charge in [-0.05, 0) is 48.4 Å². The van der Waals surface area contributed by atoms with Crippen molar-refractivity contribution in [3.05, 3.63) is 64.7 Å². The number of anilines is 1. The zero-order valence-electron chi connectivity index (χ0n) is 16.3. The normalized spacial score (nSPS) is 18.6. The fourth-order valence-electron chi connectivity index (χ4n) is 4.01. The van der Waals surface area contributed by atoms with Crippen LogP contribution in [0.15, 0.2) is 42.5 Å². The lowest BCUT2D eigenvalue weighted by Crippen LogP contribution is -2.52. The minimum Gasteiger partial charge on any atom is -0.381 e. The number of fused-ring (bicyclic) bond motifs is 1. The Labute approximate surface area is 169 Å². The zero-order valence-corrected chi connectivity index (χ0v) is 16.3. The highest BCUT2D eigenvalue weighted by molar-refractivity contribution is 6.05. The minimum atomic E-state index is -0.591. The van der Waals surface area contributed by atoms with E-state index in [0.717, 1.165) is 23.4 Å². The van der Waals surface area contributed by atoms with Crippen LogP contribution < -0.4 is 16.0 Å². The molecule has 1 saturated heterocycles. The lowest BCUT2D eigenvalue weighted by molar-refractivity contribution is -0.136. The van der Waals surface area contributed by atoms with Crippen LogP contribution in [0.2, 0.25) is 0 Å². The number of amides is 3. The first-order chi connectivity index (χ1) is 14.1. The molecule has 29 heavy (non-hydrogen) atoms. The van der Waals surface area contributed by atoms with Crippen molar-refractivity contribution in [2.75, 3.05) is 12.4 Å². The highest BCUT2D eigenvalue weighted by Gasteiger charge is 2.39. The van der Waals surface area contributed by atoms with Gasteiger partial charge in [0, 0.05) is 37.3 Å². The number of nitrogens with zero attached hydrogens (tertiary/aromatic N) is 1. The van der Waals surface area contributed by atoms with Crippen LogP contribution in [-0.4, -0.2) is 35.7 Å². The maximum absolute atomic E-state index is 12.9. The van der Waals surface area contributed by atoms with Gasteiger partial charge in [-0.25, -0.2) is 0 Å². The summed E-state index contributed by atoms with van der Waals surface area (Å²) in [5.74, 6) is -0.809. The monoisotopic (exact) mass is 392 g/mol. The standard InChI is InChI=1S/C22H24N4O3/c1-23-11-14-4-2-6-16(10-14)24-12-15-5-3-7-17-18(15)13-26(22(17)29)19-8-9-20(27)25-21(19)28/h2-7,10,19,23-24H,8-9,11-13H2,1H3,(H,25,27,28). The Balaban J connectivity index is 1.50. The van der Waals surface area contributed by atoms with Gasteiger partial charge in [0.15, 0.2) is 0 Å². The Morgan fingerprint density at radius 2 is 1.93 bits per heavy atom. The van der Waals surface area contributed by atoms with Gasteiger partial charge in [0.25, 0.3) is 5.91 Å². The second-order valence-electron chi connectivity index (χ2n) is 7.43. The molecule has 2 aromatic carbocycles. The minimum absolute atomic E-state index is 0.146. The van der Waals surface area contributed by atoms with Crippen molar-refractivity contribution in [1.82, 2.24) is 15.5 Å². The largest absolute Gasteiger partial charge is 0.381 e. The van der Waals surface area contributed by atoms with Crippen molar-refractivity contribution in [2.24, 2.45) is 0 Å². The summed E-state index contributed by atoms with van der Waals surface area (Å²) in [7, 11) is 1.92. The molecule has 0 bridgehead atoms. The zero-order chi connectivity index (χ0) is 20.4. The molecule has 4 rings (SSSR count). The molecule has 1 fully saturated rings. The maximum atomic E-state index is 12.9. The average Bonchev–Trinajstić information content (AvgIpc) is 3.04. The molecule has 2 aromatic rings. The summed E-state index contributed by atoms with van der Waals surface area (Å²) in [5, 5.41) is 8.91. The summed E-state index contributed by atoms with van der Waals surface area (Å²) < 4.78 is 0. The molecular weight excluding hydrogens is 368 g/mol. The number of hydrogen-bond donors (Lipinski definition) is 3. The molecule has 2 heterocycles. The molecule has 2 aliphatic heterocycles. The van der Waals surface area contributed by atoms with Crippen molar-refractivity contribution in [3.63, 3.8) is 0 Å². The molecule has 1 unspecified atom stereocenters. The first kappa shape index (κ1) is 19.1. The average molecular weight is 392 g/mol. The van der Waals surface area contributed by atoms with Gasteiger partial charge in [-0.3, -0.25) is 19.7 Å². The van der Waals surface area contributed by atoms with E-state index in [-0.39, 0.29) is 24.1 Å². The molecule has 3 amide bonds. The Morgan fingerprint density at radius 3 is 2.72 bits per heavy atom. The number of piperidine rings is 1. The summed E-state index contributed by atoms with van der Waals surface area (Å²) in [5.41, 5.74) is 4.82. The van der Waals surface area contributed by atoms with E-state index in [1.807, 2.05) is 31.3 Å². The Hall–Kier alpha value is -3.19. The fourth-order valence-corrected chi connectivity index (χ4v) is 4.01. The second-order valence-corrected chi connectivity index (χ2v) is 7.43. The van der Waals surface area contributed by atoms with E-state index < -0.39 is 6.04 Å². The van der Waals surface area contributed by atoms with Gasteiger partial charge in [-0.15, -0.1) is 0 Å². The van der Waals surface area contributed by atoms with Gasteiger partial charge >= 0.3 is 0 Å². The predicted molar refractivity (Wildman–Crippen MR) is 109 cm³/mol. The van der Waals surface area contributed by atoms with Crippen molar-refractivity contribution >= 4 is 23.4 Å². The number of rotatable bonds is 6. The number of imide groups is 1. The smallest absolute Gasteiger partial charge is 0.255 e. The summed E-state index contributed by atoms with van der Waals surface area (Å²) in [6.45, 7) is 1.77. The van der Waals surface area contributed by atoms with Gasteiger partial charge in [-0.1, -0.05) is 24.3 Å². The van der Waals surface area contributed by atoms with Gasteiger partial charge in [0.1, 0.15) is 6.04 Å². The second kappa shape index (κ2) is 8.05.